The minimum Gasteiger partial charge on any atom is -0.463 e. The Bertz CT molecular complexity index is 1120. The first-order valence-corrected chi connectivity index (χ1v) is 14.3. The Morgan fingerprint density at radius 2 is 1.71 bits per heavy atom. The fourth-order valence-electron chi connectivity index (χ4n) is 8.59. The van der Waals surface area contributed by atoms with Gasteiger partial charge in [0.1, 0.15) is 0 Å². The van der Waals surface area contributed by atoms with Crippen LogP contribution in [0.2, 0.25) is 0 Å². The molecule has 5 fully saturated rings. The van der Waals surface area contributed by atoms with Crippen LogP contribution in [0.15, 0.2) is 29.5 Å². The first kappa shape index (κ1) is 24.3. The normalized spacial score (nSPS) is 34.3. The highest BCUT2D eigenvalue weighted by Crippen LogP contribution is 2.57. The smallest absolute Gasteiger partial charge is 0.338 e. The summed E-state index contributed by atoms with van der Waals surface area (Å²) < 4.78 is 16.5. The number of ether oxygens (including phenoxy) is 3. The van der Waals surface area contributed by atoms with E-state index in [1.54, 1.807) is 6.92 Å². The van der Waals surface area contributed by atoms with Crippen LogP contribution in [0.5, 0.6) is 11.5 Å². The minimum absolute atomic E-state index is 0.165. The first-order chi connectivity index (χ1) is 18.5. The lowest BCUT2D eigenvalue weighted by molar-refractivity contribution is -0.139. The molecule has 0 spiro atoms. The van der Waals surface area contributed by atoms with Gasteiger partial charge >= 0.3 is 12.0 Å². The molecule has 1 unspecified atom stereocenters. The third kappa shape index (κ3) is 4.24. The molecule has 0 aromatic heterocycles. The summed E-state index contributed by atoms with van der Waals surface area (Å²) >= 11 is 0. The van der Waals surface area contributed by atoms with E-state index in [0.717, 1.165) is 49.5 Å². The minimum atomic E-state index is -0.624. The summed E-state index contributed by atoms with van der Waals surface area (Å²) in [6.45, 7) is 6.69. The number of fused-ring (bicyclic) bond motifs is 1. The molecular formula is C29H38N4O5. The highest BCUT2D eigenvalue weighted by molar-refractivity contribution is 5.95. The topological polar surface area (TPSA) is 92.4 Å². The number of amides is 2. The fraction of sp³-hybridized carbons (Fsp3) is 0.655. The molecule has 3 aliphatic heterocycles. The van der Waals surface area contributed by atoms with Crippen molar-refractivity contribution in [1.29, 1.82) is 0 Å². The first-order valence-electron chi connectivity index (χ1n) is 14.3. The number of carbonyl (C=O) groups is 2. The molecule has 2 N–H and O–H groups in total. The molecule has 1 aromatic rings. The van der Waals surface area contributed by atoms with Crippen LogP contribution in [-0.4, -0.2) is 73.5 Å². The number of esters is 1. The van der Waals surface area contributed by atoms with Gasteiger partial charge in [-0.15, -0.1) is 0 Å². The van der Waals surface area contributed by atoms with E-state index in [4.69, 9.17) is 14.2 Å². The number of nitrogens with one attached hydrogen (secondary N) is 2. The van der Waals surface area contributed by atoms with Crippen molar-refractivity contribution < 1.29 is 23.8 Å². The summed E-state index contributed by atoms with van der Waals surface area (Å²) in [4.78, 5) is 31.2. The molecule has 8 rings (SSSR count). The quantitative estimate of drug-likeness (QED) is 0.555. The maximum atomic E-state index is 13.2. The maximum Gasteiger partial charge on any atom is 0.338 e. The monoisotopic (exact) mass is 522 g/mol. The van der Waals surface area contributed by atoms with Crippen LogP contribution in [0.1, 0.15) is 57.1 Å². The van der Waals surface area contributed by atoms with Crippen LogP contribution in [0, 0.1) is 17.8 Å². The number of carbonyl (C=O) groups excluding carboxylic acids is 2. The van der Waals surface area contributed by atoms with Crippen molar-refractivity contribution in [2.24, 2.45) is 17.8 Å². The van der Waals surface area contributed by atoms with Gasteiger partial charge in [0.15, 0.2) is 11.5 Å². The van der Waals surface area contributed by atoms with Crippen molar-refractivity contribution >= 4 is 12.0 Å². The highest BCUT2D eigenvalue weighted by Gasteiger charge is 2.53. The van der Waals surface area contributed by atoms with E-state index in [0.29, 0.717) is 34.9 Å². The maximum absolute atomic E-state index is 13.2. The number of piperazine rings is 1. The largest absolute Gasteiger partial charge is 0.463 e. The van der Waals surface area contributed by atoms with Crippen LogP contribution in [0.3, 0.4) is 0 Å². The molecule has 1 aromatic carbocycles. The zero-order valence-corrected chi connectivity index (χ0v) is 22.2. The van der Waals surface area contributed by atoms with Gasteiger partial charge in [0.05, 0.1) is 18.2 Å². The Morgan fingerprint density at radius 1 is 1.03 bits per heavy atom. The Hall–Kier alpha value is -2.78. The van der Waals surface area contributed by atoms with Crippen molar-refractivity contribution in [3.05, 3.63) is 35.0 Å². The van der Waals surface area contributed by atoms with Crippen LogP contribution >= 0.6 is 0 Å². The lowest BCUT2D eigenvalue weighted by Gasteiger charge is -2.61. The second-order valence-electron chi connectivity index (χ2n) is 12.2. The lowest BCUT2D eigenvalue weighted by Crippen LogP contribution is -2.64. The van der Waals surface area contributed by atoms with Crippen LogP contribution in [0.4, 0.5) is 4.79 Å². The average molecular weight is 523 g/mol. The van der Waals surface area contributed by atoms with Gasteiger partial charge in [0.25, 0.3) is 0 Å². The number of hydrogen-bond donors (Lipinski definition) is 2. The highest BCUT2D eigenvalue weighted by atomic mass is 16.7. The van der Waals surface area contributed by atoms with Gasteiger partial charge in [-0.05, 0) is 80.9 Å². The number of rotatable bonds is 6. The number of benzene rings is 1. The molecule has 4 saturated carbocycles. The van der Waals surface area contributed by atoms with Gasteiger partial charge in [0, 0.05) is 44.0 Å². The van der Waals surface area contributed by atoms with E-state index in [1.807, 2.05) is 18.2 Å². The fourth-order valence-corrected chi connectivity index (χ4v) is 8.59. The molecule has 4 aliphatic carbocycles. The zero-order chi connectivity index (χ0) is 25.9. The molecule has 3 heterocycles. The van der Waals surface area contributed by atoms with E-state index in [2.05, 4.69) is 20.4 Å². The van der Waals surface area contributed by atoms with E-state index in [-0.39, 0.29) is 19.4 Å². The van der Waals surface area contributed by atoms with Crippen molar-refractivity contribution in [2.75, 3.05) is 46.1 Å². The summed E-state index contributed by atoms with van der Waals surface area (Å²) in [5, 5.41) is 5.87. The second kappa shape index (κ2) is 9.45. The van der Waals surface area contributed by atoms with Gasteiger partial charge in [-0.25, -0.2) is 9.59 Å². The van der Waals surface area contributed by atoms with E-state index >= 15 is 0 Å². The SMILES string of the molecule is CCOC(=O)C1=C(CN2CCN(C34CC5CC(CC(C5)C3)C4)CC2)NC(=O)NC1c1ccc2c(c1)OCO2. The van der Waals surface area contributed by atoms with Crippen molar-refractivity contribution in [3.8, 4) is 11.5 Å². The molecule has 9 heteroatoms. The Morgan fingerprint density at radius 3 is 2.39 bits per heavy atom. The van der Waals surface area contributed by atoms with E-state index < -0.39 is 12.0 Å². The molecule has 0 radical (unpaired) electrons. The molecular weight excluding hydrogens is 484 g/mol. The van der Waals surface area contributed by atoms with E-state index in [9.17, 15) is 9.59 Å². The van der Waals surface area contributed by atoms with Gasteiger partial charge < -0.3 is 24.8 Å². The Kier molecular flexibility index (Phi) is 6.04. The predicted molar refractivity (Wildman–Crippen MR) is 140 cm³/mol. The number of urea groups is 1. The second-order valence-corrected chi connectivity index (χ2v) is 12.2. The molecule has 9 nitrogen and oxygen atoms in total. The number of hydrogen-bond acceptors (Lipinski definition) is 7. The van der Waals surface area contributed by atoms with Gasteiger partial charge in [-0.2, -0.15) is 0 Å². The molecule has 1 atom stereocenters. The third-order valence-electron chi connectivity index (χ3n) is 9.81. The van der Waals surface area contributed by atoms with Crippen LogP contribution in [-0.2, 0) is 9.53 Å². The third-order valence-corrected chi connectivity index (χ3v) is 9.81. The molecule has 4 bridgehead atoms. The number of nitrogens with zero attached hydrogens (tertiary/aromatic N) is 2. The predicted octanol–water partition coefficient (Wildman–Crippen LogP) is 3.17. The van der Waals surface area contributed by atoms with E-state index in [1.165, 1.54) is 38.5 Å². The molecule has 2 amide bonds. The molecule has 38 heavy (non-hydrogen) atoms. The van der Waals surface area contributed by atoms with Crippen molar-refractivity contribution in [1.82, 2.24) is 20.4 Å². The van der Waals surface area contributed by atoms with Gasteiger partial charge in [-0.3, -0.25) is 9.80 Å². The molecule has 204 valence electrons. The summed E-state index contributed by atoms with van der Waals surface area (Å²) in [6.07, 6.45) is 8.54. The van der Waals surface area contributed by atoms with Crippen molar-refractivity contribution in [2.45, 2.75) is 57.0 Å². The summed E-state index contributed by atoms with van der Waals surface area (Å²) in [5.41, 5.74) is 2.26. The Labute approximate surface area is 223 Å². The lowest BCUT2D eigenvalue weighted by atomic mass is 9.52. The van der Waals surface area contributed by atoms with Crippen LogP contribution < -0.4 is 20.1 Å². The van der Waals surface area contributed by atoms with Gasteiger partial charge in [0.2, 0.25) is 6.79 Å². The Balaban J connectivity index is 1.10. The zero-order valence-electron chi connectivity index (χ0n) is 22.2. The van der Waals surface area contributed by atoms with Gasteiger partial charge in [-0.1, -0.05) is 6.07 Å². The molecule has 1 saturated heterocycles. The standard InChI is InChI=1S/C29H38N4O5/c1-2-36-27(34)25-22(30-28(35)31-26(25)21-3-4-23-24(12-21)38-17-37-23)16-32-5-7-33(8-6-32)29-13-18-9-19(14-29)11-20(10-18)15-29/h3-4,12,18-20,26H,2,5-11,13-17H2,1H3,(H2,30,31,35). The summed E-state index contributed by atoms with van der Waals surface area (Å²) in [7, 11) is 0. The summed E-state index contributed by atoms with van der Waals surface area (Å²) in [6, 6.07) is 4.58. The van der Waals surface area contributed by atoms with Crippen molar-refractivity contribution in [3.63, 3.8) is 0 Å². The molecule has 7 aliphatic rings. The summed E-state index contributed by atoms with van der Waals surface area (Å²) in [5.74, 6) is 3.68. The average Bonchev–Trinajstić information content (AvgIpc) is 3.36. The van der Waals surface area contributed by atoms with Crippen LogP contribution in [0.25, 0.3) is 0 Å².